The zero-order valence-electron chi connectivity index (χ0n) is 12.1. The molecule has 4 heteroatoms. The number of aryl methyl sites for hydroxylation is 1. The van der Waals surface area contributed by atoms with Crippen LogP contribution in [-0.2, 0) is 16.0 Å². The molecular formula is C17H21NO3. The molecule has 1 fully saturated rings. The molecule has 1 aliphatic carbocycles. The molecule has 1 amide bonds. The van der Waals surface area contributed by atoms with Gasteiger partial charge < -0.3 is 10.0 Å². The minimum Gasteiger partial charge on any atom is -0.480 e. The monoisotopic (exact) mass is 287 g/mol. The molecule has 0 bridgehead atoms. The lowest BCUT2D eigenvalue weighted by molar-refractivity contribution is -0.148. The van der Waals surface area contributed by atoms with Crippen LogP contribution in [0.3, 0.4) is 0 Å². The first-order valence-electron chi connectivity index (χ1n) is 7.77. The van der Waals surface area contributed by atoms with E-state index >= 15 is 0 Å². The van der Waals surface area contributed by atoms with Gasteiger partial charge in [-0.05, 0) is 49.1 Å². The summed E-state index contributed by atoms with van der Waals surface area (Å²) >= 11 is 0. The highest BCUT2D eigenvalue weighted by atomic mass is 16.4. The van der Waals surface area contributed by atoms with Crippen LogP contribution in [0.15, 0.2) is 24.3 Å². The van der Waals surface area contributed by atoms with Crippen molar-refractivity contribution in [3.05, 3.63) is 35.4 Å². The standard InChI is InChI=1S/C17H21NO3/c19-16(18-10-4-9-15(18)17(20)21)11-13-7-3-6-12-5-1-2-8-14(12)13/h1-2,5,8,13,15H,3-4,6-7,9-11H2,(H,20,21)/t13-,15-/m0/s1. The Morgan fingerprint density at radius 3 is 2.81 bits per heavy atom. The predicted molar refractivity (Wildman–Crippen MR) is 79.1 cm³/mol. The van der Waals surface area contributed by atoms with Crippen LogP contribution in [0, 0.1) is 0 Å². The third-order valence-electron chi connectivity index (χ3n) is 4.77. The fourth-order valence-corrected chi connectivity index (χ4v) is 3.72. The number of carboxylic acids is 1. The highest BCUT2D eigenvalue weighted by Gasteiger charge is 2.35. The van der Waals surface area contributed by atoms with E-state index in [0.29, 0.717) is 19.4 Å². The van der Waals surface area contributed by atoms with Crippen LogP contribution >= 0.6 is 0 Å². The number of fused-ring (bicyclic) bond motifs is 1. The Morgan fingerprint density at radius 1 is 1.19 bits per heavy atom. The third kappa shape index (κ3) is 2.80. The van der Waals surface area contributed by atoms with E-state index < -0.39 is 12.0 Å². The van der Waals surface area contributed by atoms with Crippen molar-refractivity contribution in [2.24, 2.45) is 0 Å². The lowest BCUT2D eigenvalue weighted by Gasteiger charge is -2.28. The molecule has 0 aromatic heterocycles. The summed E-state index contributed by atoms with van der Waals surface area (Å²) in [4.78, 5) is 25.3. The summed E-state index contributed by atoms with van der Waals surface area (Å²) < 4.78 is 0. The largest absolute Gasteiger partial charge is 0.480 e. The van der Waals surface area contributed by atoms with Gasteiger partial charge in [-0.1, -0.05) is 24.3 Å². The lowest BCUT2D eigenvalue weighted by Crippen LogP contribution is -2.41. The van der Waals surface area contributed by atoms with Crippen molar-refractivity contribution in [1.29, 1.82) is 0 Å². The molecule has 1 N–H and O–H groups in total. The third-order valence-corrected chi connectivity index (χ3v) is 4.77. The molecule has 112 valence electrons. The van der Waals surface area contributed by atoms with Crippen molar-refractivity contribution in [1.82, 2.24) is 4.90 Å². The SMILES string of the molecule is O=C(O)[C@@H]1CCCN1C(=O)C[C@@H]1CCCc2ccccc21. The van der Waals surface area contributed by atoms with Gasteiger partial charge in [-0.15, -0.1) is 0 Å². The molecule has 2 atom stereocenters. The van der Waals surface area contributed by atoms with E-state index in [2.05, 4.69) is 12.1 Å². The van der Waals surface area contributed by atoms with Crippen LogP contribution in [-0.4, -0.2) is 34.5 Å². The molecule has 1 aliphatic heterocycles. The Labute approximate surface area is 124 Å². The molecule has 21 heavy (non-hydrogen) atoms. The van der Waals surface area contributed by atoms with Crippen molar-refractivity contribution >= 4 is 11.9 Å². The summed E-state index contributed by atoms with van der Waals surface area (Å²) in [6, 6.07) is 7.71. The van der Waals surface area contributed by atoms with Crippen LogP contribution in [0.25, 0.3) is 0 Å². The maximum Gasteiger partial charge on any atom is 0.326 e. The summed E-state index contributed by atoms with van der Waals surface area (Å²) in [5.74, 6) is -0.621. The molecule has 2 aliphatic rings. The number of nitrogens with zero attached hydrogens (tertiary/aromatic N) is 1. The van der Waals surface area contributed by atoms with Gasteiger partial charge in [-0.2, -0.15) is 0 Å². The molecule has 1 saturated heterocycles. The van der Waals surface area contributed by atoms with Crippen molar-refractivity contribution in [3.63, 3.8) is 0 Å². The average Bonchev–Trinajstić information content (AvgIpc) is 2.97. The van der Waals surface area contributed by atoms with Gasteiger partial charge >= 0.3 is 5.97 Å². The fraction of sp³-hybridized carbons (Fsp3) is 0.529. The number of likely N-dealkylation sites (tertiary alicyclic amines) is 1. The summed E-state index contributed by atoms with van der Waals surface area (Å²) in [5, 5.41) is 9.20. The molecule has 0 radical (unpaired) electrons. The molecular weight excluding hydrogens is 266 g/mol. The van der Waals surface area contributed by atoms with E-state index in [1.807, 2.05) is 12.1 Å². The van der Waals surface area contributed by atoms with Gasteiger partial charge in [0.15, 0.2) is 0 Å². The Balaban J connectivity index is 1.73. The fourth-order valence-electron chi connectivity index (χ4n) is 3.72. The van der Waals surface area contributed by atoms with Crippen LogP contribution < -0.4 is 0 Å². The summed E-state index contributed by atoms with van der Waals surface area (Å²) in [5.41, 5.74) is 2.63. The lowest BCUT2D eigenvalue weighted by atomic mass is 9.81. The molecule has 1 aromatic rings. The molecule has 0 unspecified atom stereocenters. The minimum atomic E-state index is -0.870. The Morgan fingerprint density at radius 2 is 2.00 bits per heavy atom. The van der Waals surface area contributed by atoms with E-state index in [0.717, 1.165) is 25.7 Å². The Bertz CT molecular complexity index is 555. The summed E-state index contributed by atoms with van der Waals surface area (Å²) in [6.07, 6.45) is 5.04. The maximum atomic E-state index is 12.5. The number of hydrogen-bond acceptors (Lipinski definition) is 2. The van der Waals surface area contributed by atoms with Crippen molar-refractivity contribution in [2.45, 2.75) is 50.5 Å². The number of hydrogen-bond donors (Lipinski definition) is 1. The first kappa shape index (κ1) is 14.1. The van der Waals surface area contributed by atoms with Crippen molar-refractivity contribution < 1.29 is 14.7 Å². The van der Waals surface area contributed by atoms with Gasteiger partial charge in [0.05, 0.1) is 0 Å². The van der Waals surface area contributed by atoms with E-state index in [4.69, 9.17) is 0 Å². The molecule has 1 aromatic carbocycles. The zero-order valence-corrected chi connectivity index (χ0v) is 12.1. The molecule has 1 heterocycles. The number of carbonyl (C=O) groups is 2. The average molecular weight is 287 g/mol. The number of carbonyl (C=O) groups excluding carboxylic acids is 1. The number of amides is 1. The van der Waals surface area contributed by atoms with Crippen molar-refractivity contribution in [3.8, 4) is 0 Å². The zero-order chi connectivity index (χ0) is 14.8. The highest BCUT2D eigenvalue weighted by molar-refractivity contribution is 5.84. The van der Waals surface area contributed by atoms with Gasteiger partial charge in [0.1, 0.15) is 6.04 Å². The highest BCUT2D eigenvalue weighted by Crippen LogP contribution is 2.34. The van der Waals surface area contributed by atoms with Gasteiger partial charge in [0, 0.05) is 13.0 Å². The van der Waals surface area contributed by atoms with Gasteiger partial charge in [0.2, 0.25) is 5.91 Å². The van der Waals surface area contributed by atoms with Crippen LogP contribution in [0.4, 0.5) is 0 Å². The van der Waals surface area contributed by atoms with E-state index in [-0.39, 0.29) is 11.8 Å². The first-order chi connectivity index (χ1) is 10.2. The van der Waals surface area contributed by atoms with Crippen LogP contribution in [0.2, 0.25) is 0 Å². The quantitative estimate of drug-likeness (QED) is 0.929. The van der Waals surface area contributed by atoms with Gasteiger partial charge in [-0.25, -0.2) is 4.79 Å². The maximum absolute atomic E-state index is 12.5. The number of carboxylic acid groups (broad SMARTS) is 1. The predicted octanol–water partition coefficient (Wildman–Crippen LogP) is 2.57. The first-order valence-corrected chi connectivity index (χ1v) is 7.77. The number of aliphatic carboxylic acids is 1. The number of rotatable bonds is 3. The molecule has 3 rings (SSSR count). The van der Waals surface area contributed by atoms with E-state index in [1.165, 1.54) is 11.1 Å². The Kier molecular flexibility index (Phi) is 3.95. The van der Waals surface area contributed by atoms with Crippen LogP contribution in [0.1, 0.15) is 49.1 Å². The summed E-state index contributed by atoms with van der Waals surface area (Å²) in [7, 11) is 0. The van der Waals surface area contributed by atoms with E-state index in [1.54, 1.807) is 4.90 Å². The molecule has 4 nitrogen and oxygen atoms in total. The van der Waals surface area contributed by atoms with E-state index in [9.17, 15) is 14.7 Å². The van der Waals surface area contributed by atoms with Crippen LogP contribution in [0.5, 0.6) is 0 Å². The number of benzene rings is 1. The second-order valence-electron chi connectivity index (χ2n) is 6.08. The Hall–Kier alpha value is -1.84. The van der Waals surface area contributed by atoms with Gasteiger partial charge in [-0.3, -0.25) is 4.79 Å². The normalized spacial score (nSPS) is 24.7. The topological polar surface area (TPSA) is 57.6 Å². The molecule has 0 saturated carbocycles. The second kappa shape index (κ2) is 5.88. The smallest absolute Gasteiger partial charge is 0.326 e. The second-order valence-corrected chi connectivity index (χ2v) is 6.08. The minimum absolute atomic E-state index is 0.00148. The molecule has 0 spiro atoms. The van der Waals surface area contributed by atoms with Gasteiger partial charge in [0.25, 0.3) is 0 Å². The van der Waals surface area contributed by atoms with Crippen molar-refractivity contribution in [2.75, 3.05) is 6.54 Å². The summed E-state index contributed by atoms with van der Waals surface area (Å²) in [6.45, 7) is 0.587.